The minimum atomic E-state index is -0.495. The summed E-state index contributed by atoms with van der Waals surface area (Å²) in [5.41, 5.74) is 1.52. The number of aryl methyl sites for hydroxylation is 1. The van der Waals surface area contributed by atoms with Gasteiger partial charge in [-0.3, -0.25) is 4.79 Å². The third-order valence-corrected chi connectivity index (χ3v) is 5.48. The Morgan fingerprint density at radius 1 is 1.13 bits per heavy atom. The highest BCUT2D eigenvalue weighted by atomic mass is 16.6. The summed E-state index contributed by atoms with van der Waals surface area (Å²) in [5.74, 6) is 1.15. The molecule has 2 aromatic rings. The summed E-state index contributed by atoms with van der Waals surface area (Å²) >= 11 is 0. The number of carbonyl (C=O) groups excluding carboxylic acids is 2. The Morgan fingerprint density at radius 3 is 2.45 bits per heavy atom. The number of amides is 2. The van der Waals surface area contributed by atoms with E-state index in [4.69, 9.17) is 4.74 Å². The molecule has 1 heterocycles. The summed E-state index contributed by atoms with van der Waals surface area (Å²) in [6.07, 6.45) is 3.08. The van der Waals surface area contributed by atoms with Crippen LogP contribution in [0.25, 0.3) is 0 Å². The number of aromatic nitrogens is 2. The van der Waals surface area contributed by atoms with Gasteiger partial charge in [0.25, 0.3) is 0 Å². The van der Waals surface area contributed by atoms with Crippen LogP contribution < -0.4 is 10.6 Å². The fourth-order valence-electron chi connectivity index (χ4n) is 3.92. The van der Waals surface area contributed by atoms with E-state index in [1.54, 1.807) is 0 Å². The third-order valence-electron chi connectivity index (χ3n) is 5.48. The molecule has 1 aromatic heterocycles. The lowest BCUT2D eigenvalue weighted by Crippen LogP contribution is -2.37. The molecular formula is C24H34N4O3. The SMILES string of the molecule is Cc1cc(NC(=O)C2CCC(CNC(=O)OC(C)(C)C)CC2)n(Cc2ccccc2)n1. The first-order valence-corrected chi connectivity index (χ1v) is 11.1. The summed E-state index contributed by atoms with van der Waals surface area (Å²) in [7, 11) is 0. The first kappa shape index (κ1) is 22.8. The first-order valence-electron chi connectivity index (χ1n) is 11.1. The Morgan fingerprint density at radius 2 is 1.81 bits per heavy atom. The summed E-state index contributed by atoms with van der Waals surface area (Å²) in [6.45, 7) is 8.69. The van der Waals surface area contributed by atoms with Crippen LogP contribution in [0.5, 0.6) is 0 Å². The predicted molar refractivity (Wildman–Crippen MR) is 121 cm³/mol. The second kappa shape index (κ2) is 9.98. The summed E-state index contributed by atoms with van der Waals surface area (Å²) < 4.78 is 7.13. The van der Waals surface area contributed by atoms with E-state index in [1.165, 1.54) is 0 Å². The Bertz CT molecular complexity index is 878. The molecule has 3 rings (SSSR count). The molecule has 0 bridgehead atoms. The highest BCUT2D eigenvalue weighted by Gasteiger charge is 2.27. The molecular weight excluding hydrogens is 392 g/mol. The van der Waals surface area contributed by atoms with Crippen molar-refractivity contribution >= 4 is 17.8 Å². The number of ether oxygens (including phenoxy) is 1. The third kappa shape index (κ3) is 7.12. The van der Waals surface area contributed by atoms with Crippen molar-refractivity contribution in [2.75, 3.05) is 11.9 Å². The van der Waals surface area contributed by atoms with Crippen molar-refractivity contribution < 1.29 is 14.3 Å². The lowest BCUT2D eigenvalue weighted by atomic mass is 9.81. The minimum Gasteiger partial charge on any atom is -0.444 e. The lowest BCUT2D eigenvalue weighted by Gasteiger charge is -2.28. The molecule has 1 aliphatic carbocycles. The summed E-state index contributed by atoms with van der Waals surface area (Å²) in [5, 5.41) is 10.5. The van der Waals surface area contributed by atoms with Crippen LogP contribution in [0.3, 0.4) is 0 Å². The van der Waals surface area contributed by atoms with Gasteiger partial charge >= 0.3 is 6.09 Å². The van der Waals surface area contributed by atoms with E-state index in [0.29, 0.717) is 19.0 Å². The molecule has 2 amide bonds. The Balaban J connectivity index is 1.48. The second-order valence-corrected chi connectivity index (χ2v) is 9.40. The number of hydrogen-bond acceptors (Lipinski definition) is 4. The van der Waals surface area contributed by atoms with Gasteiger partial charge in [0.15, 0.2) is 0 Å². The van der Waals surface area contributed by atoms with Gasteiger partial charge in [0.2, 0.25) is 5.91 Å². The standard InChI is InChI=1S/C24H34N4O3/c1-17-14-21(28(27-17)16-19-8-6-5-7-9-19)26-22(29)20-12-10-18(11-13-20)15-25-23(30)31-24(2,3)4/h5-9,14,18,20H,10-13,15-16H2,1-4H3,(H,25,30)(H,26,29). The zero-order valence-electron chi connectivity index (χ0n) is 19.0. The van der Waals surface area contributed by atoms with Crippen LogP contribution in [0.1, 0.15) is 57.7 Å². The van der Waals surface area contributed by atoms with E-state index >= 15 is 0 Å². The molecule has 0 radical (unpaired) electrons. The molecule has 1 fully saturated rings. The largest absolute Gasteiger partial charge is 0.444 e. The van der Waals surface area contributed by atoms with Gasteiger partial charge in [0, 0.05) is 18.5 Å². The van der Waals surface area contributed by atoms with Gasteiger partial charge in [0.05, 0.1) is 12.2 Å². The van der Waals surface area contributed by atoms with Crippen LogP contribution in [0.2, 0.25) is 0 Å². The van der Waals surface area contributed by atoms with Crippen LogP contribution in [-0.4, -0.2) is 33.9 Å². The molecule has 7 heteroatoms. The molecule has 1 saturated carbocycles. The summed E-state index contributed by atoms with van der Waals surface area (Å²) in [6, 6.07) is 12.0. The molecule has 7 nitrogen and oxygen atoms in total. The van der Waals surface area contributed by atoms with E-state index in [-0.39, 0.29) is 17.9 Å². The zero-order valence-corrected chi connectivity index (χ0v) is 19.0. The van der Waals surface area contributed by atoms with Crippen molar-refractivity contribution in [3.63, 3.8) is 0 Å². The van der Waals surface area contributed by atoms with Crippen molar-refractivity contribution in [1.82, 2.24) is 15.1 Å². The van der Waals surface area contributed by atoms with Gasteiger partial charge in [0.1, 0.15) is 11.4 Å². The maximum atomic E-state index is 12.9. The zero-order chi connectivity index (χ0) is 22.4. The maximum Gasteiger partial charge on any atom is 0.407 e. The van der Waals surface area contributed by atoms with Gasteiger partial charge in [-0.1, -0.05) is 30.3 Å². The predicted octanol–water partition coefficient (Wildman–Crippen LogP) is 4.51. The molecule has 0 aliphatic heterocycles. The molecule has 0 saturated heterocycles. The number of hydrogen-bond donors (Lipinski definition) is 2. The number of alkyl carbamates (subject to hydrolysis) is 1. The van der Waals surface area contributed by atoms with E-state index in [2.05, 4.69) is 27.9 Å². The molecule has 168 valence electrons. The number of carbonyl (C=O) groups is 2. The number of rotatable bonds is 6. The van der Waals surface area contributed by atoms with Crippen molar-refractivity contribution in [1.29, 1.82) is 0 Å². The monoisotopic (exact) mass is 426 g/mol. The van der Waals surface area contributed by atoms with Crippen molar-refractivity contribution in [2.45, 2.75) is 65.5 Å². The fourth-order valence-corrected chi connectivity index (χ4v) is 3.92. The van der Waals surface area contributed by atoms with Crippen LogP contribution in [0.15, 0.2) is 36.4 Å². The van der Waals surface area contributed by atoms with Gasteiger partial charge in [-0.05, 0) is 64.9 Å². The molecule has 2 N–H and O–H groups in total. The van der Waals surface area contributed by atoms with Gasteiger partial charge in [-0.2, -0.15) is 5.10 Å². The van der Waals surface area contributed by atoms with Crippen LogP contribution in [-0.2, 0) is 16.1 Å². The molecule has 0 spiro atoms. The highest BCUT2D eigenvalue weighted by molar-refractivity contribution is 5.91. The van der Waals surface area contributed by atoms with Gasteiger partial charge < -0.3 is 15.4 Å². The first-order chi connectivity index (χ1) is 14.7. The Labute approximate surface area is 184 Å². The number of anilines is 1. The maximum absolute atomic E-state index is 12.9. The second-order valence-electron chi connectivity index (χ2n) is 9.40. The van der Waals surface area contributed by atoms with Crippen LogP contribution in [0, 0.1) is 18.8 Å². The molecule has 31 heavy (non-hydrogen) atoms. The normalized spacial score (nSPS) is 19.0. The average molecular weight is 427 g/mol. The molecule has 1 aromatic carbocycles. The Hall–Kier alpha value is -2.83. The smallest absolute Gasteiger partial charge is 0.407 e. The Kier molecular flexibility index (Phi) is 7.36. The molecule has 0 atom stereocenters. The fraction of sp³-hybridized carbons (Fsp3) is 0.542. The van der Waals surface area contributed by atoms with E-state index in [9.17, 15) is 9.59 Å². The minimum absolute atomic E-state index is 0.0156. The van der Waals surface area contributed by atoms with Crippen LogP contribution >= 0.6 is 0 Å². The van der Waals surface area contributed by atoms with E-state index in [1.807, 2.05) is 56.6 Å². The highest BCUT2D eigenvalue weighted by Crippen LogP contribution is 2.29. The topological polar surface area (TPSA) is 85.3 Å². The van der Waals surface area contributed by atoms with Crippen molar-refractivity contribution in [2.24, 2.45) is 11.8 Å². The summed E-state index contributed by atoms with van der Waals surface area (Å²) in [4.78, 5) is 24.7. The molecule has 1 aliphatic rings. The van der Waals surface area contributed by atoms with Gasteiger partial charge in [-0.25, -0.2) is 9.48 Å². The van der Waals surface area contributed by atoms with Crippen LogP contribution in [0.4, 0.5) is 10.6 Å². The molecule has 0 unspecified atom stereocenters. The number of nitrogens with one attached hydrogen (secondary N) is 2. The number of nitrogens with zero attached hydrogens (tertiary/aromatic N) is 2. The van der Waals surface area contributed by atoms with E-state index < -0.39 is 5.60 Å². The average Bonchev–Trinajstić information content (AvgIpc) is 3.05. The van der Waals surface area contributed by atoms with Gasteiger partial charge in [-0.15, -0.1) is 0 Å². The van der Waals surface area contributed by atoms with E-state index in [0.717, 1.165) is 42.8 Å². The van der Waals surface area contributed by atoms with Crippen molar-refractivity contribution in [3.05, 3.63) is 47.7 Å². The lowest BCUT2D eigenvalue weighted by molar-refractivity contribution is -0.121. The quantitative estimate of drug-likeness (QED) is 0.712. The van der Waals surface area contributed by atoms with Crippen molar-refractivity contribution in [3.8, 4) is 0 Å². The number of benzene rings is 1.